The Bertz CT molecular complexity index is 276. The van der Waals surface area contributed by atoms with Crippen LogP contribution in [0.25, 0.3) is 0 Å². The Morgan fingerprint density at radius 2 is 2.45 bits per heavy atom. The van der Waals surface area contributed by atoms with E-state index in [1.807, 2.05) is 18.3 Å². The maximum absolute atomic E-state index is 4.03. The first-order valence-electron chi connectivity index (χ1n) is 3.50. The first kappa shape index (κ1) is 6.33. The molecule has 0 saturated carbocycles. The molecule has 0 saturated heterocycles. The average molecular weight is 151 g/mol. The van der Waals surface area contributed by atoms with E-state index < -0.39 is 0 Å². The molecular weight excluding hydrogens is 142 g/mol. The summed E-state index contributed by atoms with van der Waals surface area (Å²) in [7, 11) is 1.89. The molecule has 0 fully saturated rings. The number of anilines is 1. The molecule has 11 heavy (non-hydrogen) atoms. The first-order chi connectivity index (χ1) is 5.36. The van der Waals surface area contributed by atoms with Gasteiger partial charge in [0.05, 0.1) is 25.0 Å². The third-order valence-electron chi connectivity index (χ3n) is 1.57. The number of aryl methyl sites for hydroxylation is 1. The Morgan fingerprint density at radius 1 is 1.55 bits per heavy atom. The Morgan fingerprint density at radius 3 is 3.00 bits per heavy atom. The van der Waals surface area contributed by atoms with Crippen molar-refractivity contribution in [1.82, 2.24) is 9.78 Å². The van der Waals surface area contributed by atoms with Crippen molar-refractivity contribution >= 4 is 5.69 Å². The lowest BCUT2D eigenvalue weighted by atomic mass is 10.5. The van der Waals surface area contributed by atoms with Crippen molar-refractivity contribution in [2.24, 2.45) is 17.4 Å². The van der Waals surface area contributed by atoms with Crippen molar-refractivity contribution < 1.29 is 0 Å². The van der Waals surface area contributed by atoms with E-state index in [1.54, 1.807) is 10.9 Å². The van der Waals surface area contributed by atoms with Crippen LogP contribution >= 0.6 is 0 Å². The highest BCUT2D eigenvalue weighted by atomic mass is 15.6. The molecule has 1 aliphatic rings. The predicted molar refractivity (Wildman–Crippen MR) is 40.3 cm³/mol. The van der Waals surface area contributed by atoms with Gasteiger partial charge in [-0.15, -0.1) is 0 Å². The highest BCUT2D eigenvalue weighted by molar-refractivity contribution is 5.41. The van der Waals surface area contributed by atoms with Gasteiger partial charge in [-0.3, -0.25) is 4.68 Å². The minimum absolute atomic E-state index is 0.787. The maximum Gasteiger partial charge on any atom is 0.0991 e. The molecule has 58 valence electrons. The molecule has 5 nitrogen and oxygen atoms in total. The summed E-state index contributed by atoms with van der Waals surface area (Å²) in [4.78, 5) is 0. The predicted octanol–water partition coefficient (Wildman–Crippen LogP) is 0.607. The molecule has 1 aliphatic heterocycles. The van der Waals surface area contributed by atoms with E-state index in [-0.39, 0.29) is 0 Å². The summed E-state index contributed by atoms with van der Waals surface area (Å²) < 4.78 is 1.75. The second kappa shape index (κ2) is 2.34. The summed E-state index contributed by atoms with van der Waals surface area (Å²) in [5, 5.41) is 13.7. The smallest absolute Gasteiger partial charge is 0.0991 e. The number of nitrogens with zero attached hydrogens (tertiary/aromatic N) is 5. The third-order valence-corrected chi connectivity index (χ3v) is 1.57. The minimum Gasteiger partial charge on any atom is -0.274 e. The Kier molecular flexibility index (Phi) is 1.34. The van der Waals surface area contributed by atoms with Gasteiger partial charge in [0.25, 0.3) is 0 Å². The van der Waals surface area contributed by atoms with Crippen molar-refractivity contribution in [3.8, 4) is 0 Å². The molecule has 2 rings (SSSR count). The van der Waals surface area contributed by atoms with Gasteiger partial charge < -0.3 is 0 Å². The number of hydrogen-bond acceptors (Lipinski definition) is 4. The molecule has 0 aromatic carbocycles. The maximum atomic E-state index is 4.03. The normalized spacial score (nSPS) is 16.3. The molecule has 5 heteroatoms. The molecular formula is C6H9N5. The molecule has 0 atom stereocenters. The summed E-state index contributed by atoms with van der Waals surface area (Å²) in [6, 6.07) is 0. The van der Waals surface area contributed by atoms with Crippen LogP contribution in [0.4, 0.5) is 5.69 Å². The lowest BCUT2D eigenvalue weighted by Gasteiger charge is -2.06. The highest BCUT2D eigenvalue weighted by Gasteiger charge is 2.10. The molecule has 0 radical (unpaired) electrons. The topological polar surface area (TPSA) is 45.8 Å². The summed E-state index contributed by atoms with van der Waals surface area (Å²) >= 11 is 0. The molecule has 1 aromatic heterocycles. The van der Waals surface area contributed by atoms with Gasteiger partial charge in [-0.05, 0) is 0 Å². The highest BCUT2D eigenvalue weighted by Crippen LogP contribution is 2.14. The SMILES string of the molecule is Cn1cc(N2CCN=N2)cn1. The van der Waals surface area contributed by atoms with E-state index in [0.29, 0.717) is 0 Å². The van der Waals surface area contributed by atoms with Crippen molar-refractivity contribution in [1.29, 1.82) is 0 Å². The third kappa shape index (κ3) is 1.09. The van der Waals surface area contributed by atoms with Crippen LogP contribution in [-0.2, 0) is 7.05 Å². The van der Waals surface area contributed by atoms with Gasteiger partial charge in [0.2, 0.25) is 0 Å². The van der Waals surface area contributed by atoms with Crippen LogP contribution in [0.2, 0.25) is 0 Å². The monoisotopic (exact) mass is 151 g/mol. The van der Waals surface area contributed by atoms with E-state index in [2.05, 4.69) is 15.4 Å². The molecule has 0 unspecified atom stereocenters. The van der Waals surface area contributed by atoms with Gasteiger partial charge in [-0.2, -0.15) is 10.2 Å². The molecule has 1 aromatic rings. The summed E-state index contributed by atoms with van der Waals surface area (Å²) in [6.45, 7) is 1.65. The van der Waals surface area contributed by atoms with E-state index in [0.717, 1.165) is 18.8 Å². The Balaban J connectivity index is 2.22. The van der Waals surface area contributed by atoms with Crippen LogP contribution in [0.3, 0.4) is 0 Å². The van der Waals surface area contributed by atoms with Crippen molar-refractivity contribution in [3.63, 3.8) is 0 Å². The van der Waals surface area contributed by atoms with Crippen molar-refractivity contribution in [3.05, 3.63) is 12.4 Å². The van der Waals surface area contributed by atoms with Gasteiger partial charge in [-0.25, -0.2) is 5.01 Å². The fraction of sp³-hybridized carbons (Fsp3) is 0.500. The zero-order chi connectivity index (χ0) is 7.68. The van der Waals surface area contributed by atoms with E-state index in [1.165, 1.54) is 0 Å². The standard InChI is InChI=1S/C6H9N5/c1-10-5-6(4-8-10)11-3-2-7-9-11/h4-5H,2-3H2,1H3. The zero-order valence-corrected chi connectivity index (χ0v) is 6.30. The quantitative estimate of drug-likeness (QED) is 0.590. The average Bonchev–Trinajstić information content (AvgIpc) is 2.55. The van der Waals surface area contributed by atoms with Crippen molar-refractivity contribution in [2.75, 3.05) is 18.1 Å². The molecule has 0 bridgehead atoms. The van der Waals surface area contributed by atoms with Crippen LogP contribution in [0.1, 0.15) is 0 Å². The minimum atomic E-state index is 0.787. The van der Waals surface area contributed by atoms with Crippen LogP contribution in [-0.4, -0.2) is 22.9 Å². The van der Waals surface area contributed by atoms with E-state index in [4.69, 9.17) is 0 Å². The summed E-state index contributed by atoms with van der Waals surface area (Å²) in [5.74, 6) is 0. The Hall–Kier alpha value is -1.39. The fourth-order valence-corrected chi connectivity index (χ4v) is 1.03. The first-order valence-corrected chi connectivity index (χ1v) is 3.50. The van der Waals surface area contributed by atoms with Crippen LogP contribution in [0.5, 0.6) is 0 Å². The number of rotatable bonds is 1. The second-order valence-electron chi connectivity index (χ2n) is 2.45. The van der Waals surface area contributed by atoms with Gasteiger partial charge in [0.1, 0.15) is 0 Å². The molecule has 0 amide bonds. The van der Waals surface area contributed by atoms with Gasteiger partial charge in [0, 0.05) is 13.2 Å². The largest absolute Gasteiger partial charge is 0.274 e. The van der Waals surface area contributed by atoms with Gasteiger partial charge in [0.15, 0.2) is 0 Å². The number of aromatic nitrogens is 2. The van der Waals surface area contributed by atoms with Crippen LogP contribution in [0.15, 0.2) is 22.7 Å². The Labute approximate surface area is 64.3 Å². The van der Waals surface area contributed by atoms with Gasteiger partial charge >= 0.3 is 0 Å². The van der Waals surface area contributed by atoms with Gasteiger partial charge in [-0.1, -0.05) is 5.22 Å². The summed E-state index contributed by atoms with van der Waals surface area (Å²) in [6.07, 6.45) is 3.70. The molecule has 0 spiro atoms. The van der Waals surface area contributed by atoms with Crippen molar-refractivity contribution in [2.45, 2.75) is 0 Å². The van der Waals surface area contributed by atoms with E-state index in [9.17, 15) is 0 Å². The molecule has 0 aliphatic carbocycles. The summed E-state index contributed by atoms with van der Waals surface area (Å²) in [5.41, 5.74) is 1.01. The fourth-order valence-electron chi connectivity index (χ4n) is 1.03. The molecule has 0 N–H and O–H groups in total. The lowest BCUT2D eigenvalue weighted by Crippen LogP contribution is -2.12. The second-order valence-corrected chi connectivity index (χ2v) is 2.45. The lowest BCUT2D eigenvalue weighted by molar-refractivity contribution is 0.767. The zero-order valence-electron chi connectivity index (χ0n) is 6.30. The van der Waals surface area contributed by atoms with Crippen LogP contribution in [0, 0.1) is 0 Å². The number of hydrogen-bond donors (Lipinski definition) is 0. The van der Waals surface area contributed by atoms with Crippen LogP contribution < -0.4 is 5.01 Å². The van der Waals surface area contributed by atoms with E-state index >= 15 is 0 Å². The molecule has 2 heterocycles.